The lowest BCUT2D eigenvalue weighted by Gasteiger charge is -2.04. The Morgan fingerprint density at radius 2 is 1.90 bits per heavy atom. The normalized spacial score (nSPS) is 11.2. The second-order valence-corrected chi connectivity index (χ2v) is 4.84. The summed E-state index contributed by atoms with van der Waals surface area (Å²) in [6.45, 7) is 2.00. The van der Waals surface area contributed by atoms with Gasteiger partial charge >= 0.3 is 0 Å². The van der Waals surface area contributed by atoms with E-state index in [9.17, 15) is 8.78 Å². The maximum absolute atomic E-state index is 13.4. The van der Waals surface area contributed by atoms with Crippen LogP contribution in [0.1, 0.15) is 11.1 Å². The standard InChI is InChI=1S/C16H14F2N2/c1-9-6-10(2-4-14(9)18)16-13(8-19)12-7-11(17)3-5-15(12)20-16/h2-7,20H,8,19H2,1H3. The highest BCUT2D eigenvalue weighted by Crippen LogP contribution is 2.31. The van der Waals surface area contributed by atoms with Crippen LogP contribution in [0.15, 0.2) is 36.4 Å². The maximum Gasteiger partial charge on any atom is 0.126 e. The zero-order valence-electron chi connectivity index (χ0n) is 11.0. The van der Waals surface area contributed by atoms with Gasteiger partial charge in [0.05, 0.1) is 5.69 Å². The molecule has 0 atom stereocenters. The lowest BCUT2D eigenvalue weighted by molar-refractivity contribution is 0.618. The molecule has 0 spiro atoms. The first kappa shape index (κ1) is 12.8. The molecule has 0 fully saturated rings. The van der Waals surface area contributed by atoms with Crippen molar-refractivity contribution < 1.29 is 8.78 Å². The van der Waals surface area contributed by atoms with E-state index in [0.29, 0.717) is 5.56 Å². The molecule has 20 heavy (non-hydrogen) atoms. The smallest absolute Gasteiger partial charge is 0.126 e. The van der Waals surface area contributed by atoms with Crippen molar-refractivity contribution in [3.63, 3.8) is 0 Å². The zero-order valence-corrected chi connectivity index (χ0v) is 11.0. The van der Waals surface area contributed by atoms with E-state index in [-0.39, 0.29) is 18.2 Å². The largest absolute Gasteiger partial charge is 0.354 e. The first-order valence-electron chi connectivity index (χ1n) is 6.37. The number of H-pyrrole nitrogens is 1. The van der Waals surface area contributed by atoms with E-state index >= 15 is 0 Å². The van der Waals surface area contributed by atoms with Gasteiger partial charge in [0.1, 0.15) is 11.6 Å². The molecule has 4 heteroatoms. The van der Waals surface area contributed by atoms with Gasteiger partial charge in [-0.3, -0.25) is 0 Å². The summed E-state index contributed by atoms with van der Waals surface area (Å²) >= 11 is 0. The summed E-state index contributed by atoms with van der Waals surface area (Å²) in [5.74, 6) is -0.543. The molecule has 0 aliphatic heterocycles. The van der Waals surface area contributed by atoms with Crippen molar-refractivity contribution in [2.75, 3.05) is 0 Å². The van der Waals surface area contributed by atoms with Crippen LogP contribution < -0.4 is 5.73 Å². The monoisotopic (exact) mass is 272 g/mol. The molecule has 102 valence electrons. The minimum Gasteiger partial charge on any atom is -0.354 e. The molecule has 3 rings (SSSR count). The minimum atomic E-state index is -0.298. The number of rotatable bonds is 2. The van der Waals surface area contributed by atoms with Gasteiger partial charge in [0, 0.05) is 17.4 Å². The van der Waals surface area contributed by atoms with E-state index in [1.54, 1.807) is 25.1 Å². The van der Waals surface area contributed by atoms with Gasteiger partial charge in [0.2, 0.25) is 0 Å². The van der Waals surface area contributed by atoms with Gasteiger partial charge in [-0.1, -0.05) is 0 Å². The molecule has 1 heterocycles. The predicted molar refractivity (Wildman–Crippen MR) is 76.3 cm³/mol. The Bertz CT molecular complexity index is 791. The molecule has 3 N–H and O–H groups in total. The van der Waals surface area contributed by atoms with Crippen molar-refractivity contribution in [1.82, 2.24) is 4.98 Å². The van der Waals surface area contributed by atoms with Crippen LogP contribution in [-0.4, -0.2) is 4.98 Å². The predicted octanol–water partition coefficient (Wildman–Crippen LogP) is 3.88. The van der Waals surface area contributed by atoms with Crippen LogP contribution in [0, 0.1) is 18.6 Å². The number of hydrogen-bond acceptors (Lipinski definition) is 1. The third kappa shape index (κ3) is 1.98. The molecule has 1 aromatic heterocycles. The number of aryl methyl sites for hydroxylation is 1. The van der Waals surface area contributed by atoms with Crippen LogP contribution in [0.3, 0.4) is 0 Å². The number of hydrogen-bond donors (Lipinski definition) is 2. The highest BCUT2D eigenvalue weighted by Gasteiger charge is 2.13. The van der Waals surface area contributed by atoms with E-state index < -0.39 is 0 Å². The Morgan fingerprint density at radius 1 is 1.10 bits per heavy atom. The van der Waals surface area contributed by atoms with Gasteiger partial charge in [-0.2, -0.15) is 0 Å². The third-order valence-electron chi connectivity index (χ3n) is 3.52. The first-order chi connectivity index (χ1) is 9.60. The molecule has 0 saturated carbocycles. The van der Waals surface area contributed by atoms with Crippen LogP contribution >= 0.6 is 0 Å². The molecule has 0 unspecified atom stereocenters. The lowest BCUT2D eigenvalue weighted by atomic mass is 10.0. The van der Waals surface area contributed by atoms with Crippen LogP contribution in [-0.2, 0) is 6.54 Å². The van der Waals surface area contributed by atoms with E-state index in [1.165, 1.54) is 18.2 Å². The Hall–Kier alpha value is -2.20. The van der Waals surface area contributed by atoms with Gasteiger partial charge < -0.3 is 10.7 Å². The number of aromatic amines is 1. The molecule has 2 aromatic carbocycles. The molecule has 0 amide bonds. The molecular formula is C16H14F2N2. The number of nitrogens with one attached hydrogen (secondary N) is 1. The Kier molecular flexibility index (Phi) is 3.03. The molecule has 0 saturated heterocycles. The average molecular weight is 272 g/mol. The van der Waals surface area contributed by atoms with E-state index in [4.69, 9.17) is 5.73 Å². The van der Waals surface area contributed by atoms with Crippen molar-refractivity contribution in [3.8, 4) is 11.3 Å². The Morgan fingerprint density at radius 3 is 2.60 bits per heavy atom. The fourth-order valence-electron chi connectivity index (χ4n) is 2.48. The SMILES string of the molecule is Cc1cc(-c2[nH]c3ccc(F)cc3c2CN)ccc1F. The topological polar surface area (TPSA) is 41.8 Å². The maximum atomic E-state index is 13.4. The number of aromatic nitrogens is 1. The highest BCUT2D eigenvalue weighted by molar-refractivity contribution is 5.90. The summed E-state index contributed by atoms with van der Waals surface area (Å²) in [6, 6.07) is 9.44. The fourth-order valence-corrected chi connectivity index (χ4v) is 2.48. The number of fused-ring (bicyclic) bond motifs is 1. The van der Waals surface area contributed by atoms with Gasteiger partial charge in [-0.25, -0.2) is 8.78 Å². The first-order valence-corrected chi connectivity index (χ1v) is 6.37. The lowest BCUT2D eigenvalue weighted by Crippen LogP contribution is -1.98. The number of halogens is 2. The highest BCUT2D eigenvalue weighted by atomic mass is 19.1. The van der Waals surface area contributed by atoms with Crippen molar-refractivity contribution in [2.45, 2.75) is 13.5 Å². The molecule has 3 aromatic rings. The quantitative estimate of drug-likeness (QED) is 0.730. The average Bonchev–Trinajstić information content (AvgIpc) is 2.79. The summed E-state index contributed by atoms with van der Waals surface area (Å²) in [7, 11) is 0. The molecule has 0 radical (unpaired) electrons. The van der Waals surface area contributed by atoms with E-state index in [0.717, 1.165) is 27.7 Å². The van der Waals surface area contributed by atoms with E-state index in [1.807, 2.05) is 0 Å². The number of nitrogens with two attached hydrogens (primary N) is 1. The summed E-state index contributed by atoms with van der Waals surface area (Å²) in [5, 5.41) is 0.768. The second-order valence-electron chi connectivity index (χ2n) is 4.84. The number of benzene rings is 2. The zero-order chi connectivity index (χ0) is 14.3. The molecule has 0 bridgehead atoms. The van der Waals surface area contributed by atoms with Crippen LogP contribution in [0.2, 0.25) is 0 Å². The van der Waals surface area contributed by atoms with Crippen molar-refractivity contribution in [2.24, 2.45) is 5.73 Å². The Balaban J connectivity index is 2.27. The van der Waals surface area contributed by atoms with Gasteiger partial charge in [-0.05, 0) is 60.0 Å². The third-order valence-corrected chi connectivity index (χ3v) is 3.52. The molecule has 0 aliphatic rings. The fraction of sp³-hybridized carbons (Fsp3) is 0.125. The molecule has 2 nitrogen and oxygen atoms in total. The summed E-state index contributed by atoms with van der Waals surface area (Å²) in [5.41, 5.74) is 9.69. The summed E-state index contributed by atoms with van der Waals surface area (Å²) in [6.07, 6.45) is 0. The second kappa shape index (κ2) is 4.72. The van der Waals surface area contributed by atoms with Crippen LogP contribution in [0.25, 0.3) is 22.2 Å². The summed E-state index contributed by atoms with van der Waals surface area (Å²) in [4.78, 5) is 3.24. The van der Waals surface area contributed by atoms with Gasteiger partial charge in [0.15, 0.2) is 0 Å². The minimum absolute atomic E-state index is 0.245. The van der Waals surface area contributed by atoms with Crippen molar-refractivity contribution in [3.05, 3.63) is 59.2 Å². The van der Waals surface area contributed by atoms with Crippen molar-refractivity contribution >= 4 is 10.9 Å². The van der Waals surface area contributed by atoms with Crippen LogP contribution in [0.5, 0.6) is 0 Å². The van der Waals surface area contributed by atoms with Gasteiger partial charge in [-0.15, -0.1) is 0 Å². The van der Waals surface area contributed by atoms with Crippen molar-refractivity contribution in [1.29, 1.82) is 0 Å². The Labute approximate surface area is 115 Å². The summed E-state index contributed by atoms with van der Waals surface area (Å²) < 4.78 is 26.7. The van der Waals surface area contributed by atoms with E-state index in [2.05, 4.69) is 4.98 Å². The van der Waals surface area contributed by atoms with Gasteiger partial charge in [0.25, 0.3) is 0 Å². The molecule has 0 aliphatic carbocycles. The molecular weight excluding hydrogens is 258 g/mol. The van der Waals surface area contributed by atoms with Crippen LogP contribution in [0.4, 0.5) is 8.78 Å².